The van der Waals surface area contributed by atoms with Crippen LogP contribution in [-0.4, -0.2) is 12.1 Å². The van der Waals surface area contributed by atoms with E-state index in [0.717, 1.165) is 24.8 Å². The van der Waals surface area contributed by atoms with Gasteiger partial charge in [0.15, 0.2) is 0 Å². The maximum atomic E-state index is 11.6. The second-order valence-electron chi connectivity index (χ2n) is 4.94. The SMILES string of the molecule is CCCCCCC1C=C(CCCCC)C(=O)O1. The minimum atomic E-state index is -0.0680. The molecule has 0 radical (unpaired) electrons. The molecule has 1 heterocycles. The van der Waals surface area contributed by atoms with Crippen LogP contribution in [0.3, 0.4) is 0 Å². The summed E-state index contributed by atoms with van der Waals surface area (Å²) in [4.78, 5) is 11.6. The Morgan fingerprint density at radius 1 is 1.06 bits per heavy atom. The normalized spacial score (nSPS) is 19.3. The van der Waals surface area contributed by atoms with Crippen LogP contribution in [0.15, 0.2) is 11.6 Å². The van der Waals surface area contributed by atoms with Gasteiger partial charge >= 0.3 is 5.97 Å². The highest BCUT2D eigenvalue weighted by Gasteiger charge is 2.24. The molecule has 0 aromatic heterocycles. The molecule has 98 valence electrons. The molecule has 0 N–H and O–H groups in total. The molecule has 2 heteroatoms. The topological polar surface area (TPSA) is 26.3 Å². The summed E-state index contributed by atoms with van der Waals surface area (Å²) >= 11 is 0. The Morgan fingerprint density at radius 2 is 1.76 bits per heavy atom. The maximum absolute atomic E-state index is 11.6. The van der Waals surface area contributed by atoms with Gasteiger partial charge in [-0.2, -0.15) is 0 Å². The number of rotatable bonds is 9. The van der Waals surface area contributed by atoms with Crippen molar-refractivity contribution in [2.75, 3.05) is 0 Å². The lowest BCUT2D eigenvalue weighted by molar-refractivity contribution is -0.140. The molecular formula is C15H26O2. The maximum Gasteiger partial charge on any atom is 0.334 e. The lowest BCUT2D eigenvalue weighted by Gasteiger charge is -2.06. The van der Waals surface area contributed by atoms with Gasteiger partial charge in [0.25, 0.3) is 0 Å². The second-order valence-corrected chi connectivity index (χ2v) is 4.94. The van der Waals surface area contributed by atoms with Gasteiger partial charge in [-0.25, -0.2) is 4.79 Å². The standard InChI is InChI=1S/C15H26O2/c1-3-5-7-9-11-14-12-13(15(16)17-14)10-8-6-4-2/h12,14H,3-11H2,1-2H3. The Bertz CT molecular complexity index is 256. The van der Waals surface area contributed by atoms with Crippen LogP contribution in [0.5, 0.6) is 0 Å². The highest BCUT2D eigenvalue weighted by Crippen LogP contribution is 2.22. The third kappa shape index (κ3) is 5.38. The van der Waals surface area contributed by atoms with E-state index in [9.17, 15) is 4.79 Å². The molecule has 0 aromatic rings. The van der Waals surface area contributed by atoms with Gasteiger partial charge in [0.2, 0.25) is 0 Å². The molecule has 1 unspecified atom stereocenters. The smallest absolute Gasteiger partial charge is 0.334 e. The van der Waals surface area contributed by atoms with Crippen molar-refractivity contribution >= 4 is 5.97 Å². The van der Waals surface area contributed by atoms with Crippen molar-refractivity contribution in [1.29, 1.82) is 0 Å². The van der Waals surface area contributed by atoms with Gasteiger partial charge in [-0.15, -0.1) is 0 Å². The van der Waals surface area contributed by atoms with Gasteiger partial charge in [0.1, 0.15) is 6.10 Å². The molecule has 17 heavy (non-hydrogen) atoms. The zero-order valence-electron chi connectivity index (χ0n) is 11.3. The minimum absolute atomic E-state index is 0.0657. The first kappa shape index (κ1) is 14.3. The number of carbonyl (C=O) groups is 1. The highest BCUT2D eigenvalue weighted by atomic mass is 16.5. The first-order chi connectivity index (χ1) is 8.27. The average Bonchev–Trinajstić information content (AvgIpc) is 2.66. The number of esters is 1. The molecule has 0 saturated heterocycles. The van der Waals surface area contributed by atoms with E-state index in [0.29, 0.717) is 0 Å². The van der Waals surface area contributed by atoms with Gasteiger partial charge in [-0.3, -0.25) is 0 Å². The predicted octanol–water partition coefficient (Wildman–Crippen LogP) is 4.39. The molecule has 1 aliphatic rings. The minimum Gasteiger partial charge on any atom is -0.455 e. The Balaban J connectivity index is 2.22. The summed E-state index contributed by atoms with van der Waals surface area (Å²) in [6, 6.07) is 0. The molecule has 0 aliphatic carbocycles. The van der Waals surface area contributed by atoms with Crippen LogP contribution in [-0.2, 0) is 9.53 Å². The van der Waals surface area contributed by atoms with E-state index < -0.39 is 0 Å². The largest absolute Gasteiger partial charge is 0.455 e. The summed E-state index contributed by atoms with van der Waals surface area (Å²) in [5.41, 5.74) is 0.916. The van der Waals surface area contributed by atoms with E-state index in [1.165, 1.54) is 38.5 Å². The van der Waals surface area contributed by atoms with E-state index >= 15 is 0 Å². The zero-order chi connectivity index (χ0) is 12.5. The number of carbonyl (C=O) groups excluding carboxylic acids is 1. The van der Waals surface area contributed by atoms with Crippen molar-refractivity contribution < 1.29 is 9.53 Å². The van der Waals surface area contributed by atoms with E-state index in [4.69, 9.17) is 4.74 Å². The van der Waals surface area contributed by atoms with E-state index in [-0.39, 0.29) is 12.1 Å². The molecule has 1 atom stereocenters. The predicted molar refractivity (Wildman–Crippen MR) is 70.9 cm³/mol. The van der Waals surface area contributed by atoms with Crippen LogP contribution < -0.4 is 0 Å². The molecule has 2 nitrogen and oxygen atoms in total. The Labute approximate surface area is 105 Å². The number of cyclic esters (lactones) is 1. The quantitative estimate of drug-likeness (QED) is 0.440. The Hall–Kier alpha value is -0.790. The van der Waals surface area contributed by atoms with Gasteiger partial charge in [-0.1, -0.05) is 46.0 Å². The summed E-state index contributed by atoms with van der Waals surface area (Å²) in [5, 5.41) is 0. The lowest BCUT2D eigenvalue weighted by Crippen LogP contribution is -2.08. The van der Waals surface area contributed by atoms with Crippen molar-refractivity contribution in [3.63, 3.8) is 0 Å². The van der Waals surface area contributed by atoms with E-state index in [1.54, 1.807) is 0 Å². The Morgan fingerprint density at radius 3 is 2.47 bits per heavy atom. The van der Waals surface area contributed by atoms with Crippen LogP contribution >= 0.6 is 0 Å². The summed E-state index contributed by atoms with van der Waals surface area (Å²) in [5.74, 6) is -0.0680. The lowest BCUT2D eigenvalue weighted by atomic mass is 10.1. The number of ether oxygens (including phenoxy) is 1. The molecule has 0 amide bonds. The number of hydrogen-bond acceptors (Lipinski definition) is 2. The van der Waals surface area contributed by atoms with Crippen molar-refractivity contribution in [2.45, 2.75) is 77.7 Å². The molecule has 0 fully saturated rings. The van der Waals surface area contributed by atoms with Gasteiger partial charge in [0, 0.05) is 5.57 Å². The van der Waals surface area contributed by atoms with E-state index in [2.05, 4.69) is 19.9 Å². The third-order valence-electron chi connectivity index (χ3n) is 3.30. The number of hydrogen-bond donors (Lipinski definition) is 0. The first-order valence-corrected chi connectivity index (χ1v) is 7.19. The first-order valence-electron chi connectivity index (χ1n) is 7.19. The van der Waals surface area contributed by atoms with Gasteiger partial charge < -0.3 is 4.74 Å². The monoisotopic (exact) mass is 238 g/mol. The summed E-state index contributed by atoms with van der Waals surface area (Å²) < 4.78 is 5.35. The van der Waals surface area contributed by atoms with Crippen LogP contribution in [0.1, 0.15) is 71.6 Å². The van der Waals surface area contributed by atoms with Crippen molar-refractivity contribution in [3.05, 3.63) is 11.6 Å². The van der Waals surface area contributed by atoms with E-state index in [1.807, 2.05) is 0 Å². The summed E-state index contributed by atoms with van der Waals surface area (Å²) in [7, 11) is 0. The third-order valence-corrected chi connectivity index (χ3v) is 3.30. The van der Waals surface area contributed by atoms with Gasteiger partial charge in [-0.05, 0) is 31.8 Å². The van der Waals surface area contributed by atoms with Crippen LogP contribution in [0.2, 0.25) is 0 Å². The second kappa shape index (κ2) is 8.32. The fourth-order valence-corrected chi connectivity index (χ4v) is 2.21. The zero-order valence-corrected chi connectivity index (χ0v) is 11.3. The number of unbranched alkanes of at least 4 members (excludes halogenated alkanes) is 5. The van der Waals surface area contributed by atoms with Crippen LogP contribution in [0.25, 0.3) is 0 Å². The van der Waals surface area contributed by atoms with Crippen molar-refractivity contribution in [2.24, 2.45) is 0 Å². The Kier molecular flexibility index (Phi) is 6.99. The van der Waals surface area contributed by atoms with Crippen LogP contribution in [0, 0.1) is 0 Å². The molecule has 0 bridgehead atoms. The highest BCUT2D eigenvalue weighted by molar-refractivity contribution is 5.90. The van der Waals surface area contributed by atoms with Crippen molar-refractivity contribution in [1.82, 2.24) is 0 Å². The molecule has 0 spiro atoms. The fourth-order valence-electron chi connectivity index (χ4n) is 2.21. The fraction of sp³-hybridized carbons (Fsp3) is 0.800. The average molecular weight is 238 g/mol. The summed E-state index contributed by atoms with van der Waals surface area (Å²) in [6.45, 7) is 4.39. The van der Waals surface area contributed by atoms with Crippen molar-refractivity contribution in [3.8, 4) is 0 Å². The van der Waals surface area contributed by atoms with Crippen LogP contribution in [0.4, 0.5) is 0 Å². The molecular weight excluding hydrogens is 212 g/mol. The molecule has 0 aromatic carbocycles. The molecule has 1 rings (SSSR count). The summed E-state index contributed by atoms with van der Waals surface area (Å²) in [6.07, 6.45) is 12.5. The molecule has 1 aliphatic heterocycles. The molecule has 0 saturated carbocycles. The van der Waals surface area contributed by atoms with Gasteiger partial charge in [0.05, 0.1) is 0 Å².